The van der Waals surface area contributed by atoms with Crippen LogP contribution in [0.25, 0.3) is 10.9 Å². The number of ether oxygens (including phenoxy) is 2. The molecule has 0 bridgehead atoms. The molecule has 0 spiro atoms. The number of aromatic hydroxyl groups is 1. The Bertz CT molecular complexity index is 2130. The van der Waals surface area contributed by atoms with Crippen molar-refractivity contribution in [2.75, 3.05) is 32.6 Å². The lowest BCUT2D eigenvalue weighted by molar-refractivity contribution is -0.180. The molecule has 1 aliphatic carbocycles. The Kier molecular flexibility index (Phi) is 12.7. The first-order valence-electron chi connectivity index (χ1n) is 18.0. The van der Waals surface area contributed by atoms with Crippen LogP contribution < -0.4 is 20.9 Å². The molecular formula is C40H45ClN4O8S2. The van der Waals surface area contributed by atoms with Gasteiger partial charge in [0.2, 0.25) is 17.1 Å². The van der Waals surface area contributed by atoms with Gasteiger partial charge < -0.3 is 45.3 Å². The minimum atomic E-state index is -1.85. The van der Waals surface area contributed by atoms with Gasteiger partial charge in [-0.15, -0.1) is 22.7 Å². The smallest absolute Gasteiger partial charge is 0.349 e. The van der Waals surface area contributed by atoms with Crippen LogP contribution in [0.1, 0.15) is 66.0 Å². The average Bonchev–Trinajstić information content (AvgIpc) is 3.92. The van der Waals surface area contributed by atoms with E-state index in [2.05, 4.69) is 20.5 Å². The largest absolute Gasteiger partial charge is 0.506 e. The number of hydrogen-bond acceptors (Lipinski definition) is 12. The zero-order valence-corrected chi connectivity index (χ0v) is 33.2. The van der Waals surface area contributed by atoms with Gasteiger partial charge in [-0.3, -0.25) is 9.59 Å². The Hall–Kier alpha value is -4.28. The molecule has 12 nitrogen and oxygen atoms in total. The molecule has 15 heteroatoms. The Balaban J connectivity index is 0.980. The van der Waals surface area contributed by atoms with E-state index in [1.165, 1.54) is 41.9 Å². The van der Waals surface area contributed by atoms with E-state index < -0.39 is 23.3 Å². The maximum atomic E-state index is 13.6. The summed E-state index contributed by atoms with van der Waals surface area (Å²) in [7, 11) is 3.51. The van der Waals surface area contributed by atoms with Crippen molar-refractivity contribution in [2.45, 2.75) is 68.9 Å². The molecule has 3 aromatic heterocycles. The summed E-state index contributed by atoms with van der Waals surface area (Å²) >= 11 is 9.24. The first-order chi connectivity index (χ1) is 26.3. The number of amides is 1. The average molecular weight is 809 g/mol. The minimum Gasteiger partial charge on any atom is -0.506 e. The molecule has 3 heterocycles. The van der Waals surface area contributed by atoms with E-state index in [-0.39, 0.29) is 41.7 Å². The molecule has 292 valence electrons. The molecule has 1 unspecified atom stereocenters. The molecule has 1 fully saturated rings. The van der Waals surface area contributed by atoms with Gasteiger partial charge in [0, 0.05) is 55.2 Å². The minimum absolute atomic E-state index is 0.0834. The second-order valence-electron chi connectivity index (χ2n) is 14.1. The van der Waals surface area contributed by atoms with Gasteiger partial charge in [-0.25, -0.2) is 4.79 Å². The summed E-state index contributed by atoms with van der Waals surface area (Å²) in [5, 5.41) is 43.4. The quantitative estimate of drug-likeness (QED) is 0.0661. The summed E-state index contributed by atoms with van der Waals surface area (Å²) in [5.74, 6) is -0.452. The summed E-state index contributed by atoms with van der Waals surface area (Å²) in [6, 6.07) is 16.6. The topological polar surface area (TPSA) is 173 Å². The number of nitrogens with zero attached hydrogens (tertiary/aromatic N) is 1. The predicted octanol–water partition coefficient (Wildman–Crippen LogP) is 6.28. The van der Waals surface area contributed by atoms with Crippen LogP contribution in [-0.2, 0) is 26.5 Å². The third-order valence-electron chi connectivity index (χ3n) is 10.3. The second-order valence-corrected chi connectivity index (χ2v) is 16.4. The summed E-state index contributed by atoms with van der Waals surface area (Å²) in [6.07, 6.45) is 2.06. The van der Waals surface area contributed by atoms with Gasteiger partial charge in [-0.2, -0.15) is 0 Å². The van der Waals surface area contributed by atoms with Crippen LogP contribution in [-0.4, -0.2) is 76.0 Å². The monoisotopic (exact) mass is 808 g/mol. The maximum Gasteiger partial charge on any atom is 0.349 e. The normalized spacial score (nSPS) is 18.0. The van der Waals surface area contributed by atoms with Crippen molar-refractivity contribution in [3.8, 4) is 11.5 Å². The highest BCUT2D eigenvalue weighted by atomic mass is 35.5. The number of carbonyl (C=O) groups is 2. The van der Waals surface area contributed by atoms with Gasteiger partial charge in [0.1, 0.15) is 17.1 Å². The zero-order chi connectivity index (χ0) is 39.3. The first kappa shape index (κ1) is 40.4. The highest BCUT2D eigenvalue weighted by Gasteiger charge is 2.47. The third-order valence-corrected chi connectivity index (χ3v) is 12.6. The number of nitrogens with one attached hydrogen (secondary N) is 3. The van der Waals surface area contributed by atoms with Crippen molar-refractivity contribution < 1.29 is 34.4 Å². The van der Waals surface area contributed by atoms with Crippen molar-refractivity contribution in [3.05, 3.63) is 108 Å². The van der Waals surface area contributed by atoms with E-state index in [0.29, 0.717) is 63.1 Å². The number of aliphatic hydroxyl groups is 2. The van der Waals surface area contributed by atoms with Crippen molar-refractivity contribution in [1.82, 2.24) is 15.2 Å². The number of aliphatic hydroxyl groups excluding tert-OH is 1. The molecule has 5 aromatic rings. The number of anilines is 1. The number of carbonyl (C=O) groups excluding carboxylic acids is 2. The molecule has 1 aliphatic rings. The van der Waals surface area contributed by atoms with Gasteiger partial charge >= 0.3 is 5.97 Å². The Morgan fingerprint density at radius 1 is 1.09 bits per heavy atom. The van der Waals surface area contributed by atoms with E-state index >= 15 is 0 Å². The molecule has 1 atom stereocenters. The number of pyridine rings is 1. The number of halogens is 1. The molecule has 2 aromatic carbocycles. The SMILES string of the molecule is COc1cc(NC(=O)CCN(C)C2CCC(C)(OC(=O)C(O)(c3cccs3)c3cccs3)CC2)c(Cl)cc1CNCC(O)c1ccc(O)c2[nH]c(=O)ccc12. The summed E-state index contributed by atoms with van der Waals surface area (Å²) < 4.78 is 11.7. The number of hydrogen-bond donors (Lipinski definition) is 6. The van der Waals surface area contributed by atoms with Crippen molar-refractivity contribution >= 4 is 62.7 Å². The highest BCUT2D eigenvalue weighted by molar-refractivity contribution is 7.12. The molecule has 0 saturated heterocycles. The summed E-state index contributed by atoms with van der Waals surface area (Å²) in [4.78, 5) is 44.2. The molecule has 6 rings (SSSR count). The number of H-pyrrole nitrogens is 1. The predicted molar refractivity (Wildman–Crippen MR) is 215 cm³/mol. The van der Waals surface area contributed by atoms with Crippen LogP contribution in [0.4, 0.5) is 5.69 Å². The lowest BCUT2D eigenvalue weighted by Gasteiger charge is -2.41. The van der Waals surface area contributed by atoms with Crippen LogP contribution in [0.5, 0.6) is 11.5 Å². The fourth-order valence-corrected chi connectivity index (χ4v) is 8.99. The van der Waals surface area contributed by atoms with Gasteiger partial charge in [0.05, 0.1) is 39.2 Å². The summed E-state index contributed by atoms with van der Waals surface area (Å²) in [6.45, 7) is 2.89. The molecule has 0 aliphatic heterocycles. The standard InChI is InChI=1S/C40H45ClN4O8S2/c1-39(53-38(50)40(51,33-6-4-18-54-33)34-7-5-19-55-34)15-12-25(13-16-39)45(2)17-14-36(49)43-29-21-32(52-3)24(20-28(29)41)22-42-23-31(47)26-8-10-30(46)37-27(26)9-11-35(48)44-37/h4-11,18-21,25,31,42,46-47,51H,12-17,22-23H2,1-3H3,(H,43,49)(H,44,48). The number of fused-ring (bicyclic) bond motifs is 1. The lowest BCUT2D eigenvalue weighted by atomic mass is 9.82. The second kappa shape index (κ2) is 17.2. The number of phenols is 1. The molecule has 6 N–H and O–H groups in total. The van der Waals surface area contributed by atoms with Gasteiger partial charge in [-0.1, -0.05) is 29.8 Å². The maximum absolute atomic E-state index is 13.6. The summed E-state index contributed by atoms with van der Waals surface area (Å²) in [5.41, 5.74) is -0.997. The van der Waals surface area contributed by atoms with E-state index in [0.717, 1.165) is 18.4 Å². The van der Waals surface area contributed by atoms with Crippen LogP contribution in [0, 0.1) is 0 Å². The van der Waals surface area contributed by atoms with Crippen molar-refractivity contribution in [2.24, 2.45) is 0 Å². The van der Waals surface area contributed by atoms with Gasteiger partial charge in [0.15, 0.2) is 0 Å². The Morgan fingerprint density at radius 2 is 1.78 bits per heavy atom. The van der Waals surface area contributed by atoms with Crippen LogP contribution >= 0.6 is 34.3 Å². The first-order valence-corrected chi connectivity index (χ1v) is 20.1. The molecule has 1 amide bonds. The molecular weight excluding hydrogens is 764 g/mol. The van der Waals surface area contributed by atoms with Crippen LogP contribution in [0.2, 0.25) is 5.02 Å². The third kappa shape index (κ3) is 9.07. The van der Waals surface area contributed by atoms with E-state index in [1.54, 1.807) is 48.5 Å². The van der Waals surface area contributed by atoms with E-state index in [1.807, 2.05) is 24.7 Å². The molecule has 0 radical (unpaired) electrons. The lowest BCUT2D eigenvalue weighted by Crippen LogP contribution is -2.47. The fourth-order valence-electron chi connectivity index (χ4n) is 7.04. The highest BCUT2D eigenvalue weighted by Crippen LogP contribution is 2.41. The van der Waals surface area contributed by atoms with Crippen molar-refractivity contribution in [1.29, 1.82) is 0 Å². The number of aromatic nitrogens is 1. The zero-order valence-electron chi connectivity index (χ0n) is 30.8. The number of benzene rings is 2. The number of phenolic OH excluding ortho intramolecular Hbond substituents is 1. The van der Waals surface area contributed by atoms with Gasteiger partial charge in [0.25, 0.3) is 0 Å². The number of methoxy groups -OCH3 is 1. The molecule has 55 heavy (non-hydrogen) atoms. The number of esters is 1. The van der Waals surface area contributed by atoms with Crippen LogP contribution in [0.15, 0.2) is 76.2 Å². The molecule has 1 saturated carbocycles. The fraction of sp³-hybridized carbons (Fsp3) is 0.375. The van der Waals surface area contributed by atoms with E-state index in [4.69, 9.17) is 21.1 Å². The number of aromatic amines is 1. The van der Waals surface area contributed by atoms with Crippen LogP contribution in [0.3, 0.4) is 0 Å². The Labute approximate surface area is 331 Å². The van der Waals surface area contributed by atoms with E-state index in [9.17, 15) is 29.7 Å². The van der Waals surface area contributed by atoms with Crippen molar-refractivity contribution in [3.63, 3.8) is 0 Å². The Morgan fingerprint density at radius 3 is 2.42 bits per heavy atom. The van der Waals surface area contributed by atoms with Gasteiger partial charge in [-0.05, 0) is 86.3 Å². The number of rotatable bonds is 15. The number of thiophene rings is 2.